The number of aromatic nitrogens is 1. The second kappa shape index (κ2) is 8.60. The van der Waals surface area contributed by atoms with E-state index in [1.165, 1.54) is 23.3 Å². The van der Waals surface area contributed by atoms with E-state index >= 15 is 0 Å². The number of carbonyl (C=O) groups excluding carboxylic acids is 2. The third-order valence-corrected chi connectivity index (χ3v) is 4.77. The molecule has 0 saturated carbocycles. The number of hydrogen-bond acceptors (Lipinski definition) is 7. The van der Waals surface area contributed by atoms with E-state index in [9.17, 15) is 9.59 Å². The van der Waals surface area contributed by atoms with E-state index in [0.717, 1.165) is 11.1 Å². The topological polar surface area (TPSA) is 78.0 Å². The molecule has 1 aromatic carbocycles. The Hall–Kier alpha value is -2.61. The van der Waals surface area contributed by atoms with Crippen molar-refractivity contribution in [3.05, 3.63) is 39.9 Å². The lowest BCUT2D eigenvalue weighted by Gasteiger charge is -2.26. The Morgan fingerprint density at radius 3 is 2.43 bits per heavy atom. The van der Waals surface area contributed by atoms with Crippen LogP contribution in [0, 0.1) is 13.8 Å². The molecule has 0 aliphatic carbocycles. The number of nitrogens with zero attached hydrogens (tertiary/aromatic N) is 2. The van der Waals surface area contributed by atoms with Crippen LogP contribution in [0.1, 0.15) is 47.3 Å². The van der Waals surface area contributed by atoms with Crippen LogP contribution >= 0.6 is 11.3 Å². The van der Waals surface area contributed by atoms with Crippen molar-refractivity contribution in [2.75, 3.05) is 19.1 Å². The summed E-state index contributed by atoms with van der Waals surface area (Å²) >= 11 is 1.23. The third-order valence-electron chi connectivity index (χ3n) is 3.78. The average Bonchev–Trinajstić information content (AvgIpc) is 2.99. The third kappa shape index (κ3) is 5.22. The predicted molar refractivity (Wildman–Crippen MR) is 108 cm³/mol. The Morgan fingerprint density at radius 1 is 1.18 bits per heavy atom. The van der Waals surface area contributed by atoms with E-state index in [1.807, 2.05) is 25.1 Å². The van der Waals surface area contributed by atoms with Gasteiger partial charge in [0.2, 0.25) is 0 Å². The number of methoxy groups -OCH3 is 2. The van der Waals surface area contributed by atoms with Crippen molar-refractivity contribution in [1.29, 1.82) is 0 Å². The molecule has 1 heterocycles. The van der Waals surface area contributed by atoms with E-state index < -0.39 is 17.7 Å². The van der Waals surface area contributed by atoms with Crippen LogP contribution in [-0.4, -0.2) is 36.9 Å². The predicted octanol–water partition coefficient (Wildman–Crippen LogP) is 4.50. The maximum Gasteiger partial charge on any atom is 0.416 e. The lowest BCUT2D eigenvalue weighted by Crippen LogP contribution is -2.36. The molecule has 1 amide bonds. The Balaban J connectivity index is 2.46. The molecule has 8 heteroatoms. The minimum atomic E-state index is -0.676. The second-order valence-corrected chi connectivity index (χ2v) is 8.46. The highest BCUT2D eigenvalue weighted by Crippen LogP contribution is 2.31. The highest BCUT2D eigenvalue weighted by molar-refractivity contribution is 7.16. The number of esters is 1. The first-order valence-electron chi connectivity index (χ1n) is 8.75. The molecule has 28 heavy (non-hydrogen) atoms. The molecular formula is C20H26N2O5S. The smallest absolute Gasteiger partial charge is 0.416 e. The molecule has 0 spiro atoms. The first-order valence-corrected chi connectivity index (χ1v) is 9.57. The van der Waals surface area contributed by atoms with Crippen LogP contribution in [0.4, 0.5) is 9.93 Å². The fraction of sp³-hybridized carbons (Fsp3) is 0.450. The van der Waals surface area contributed by atoms with Crippen molar-refractivity contribution in [2.45, 2.75) is 46.8 Å². The number of hydrogen-bond donors (Lipinski definition) is 0. The van der Waals surface area contributed by atoms with Gasteiger partial charge in [0.1, 0.15) is 11.4 Å². The van der Waals surface area contributed by atoms with Crippen molar-refractivity contribution in [3.63, 3.8) is 0 Å². The SMILES string of the molecule is COC(=O)c1nc(N(Cc2ccc(C)cc2OC)C(=O)OC(C)(C)C)sc1C. The van der Waals surface area contributed by atoms with E-state index in [0.29, 0.717) is 15.8 Å². The molecule has 0 bridgehead atoms. The molecule has 0 unspecified atom stereocenters. The van der Waals surface area contributed by atoms with Crippen molar-refractivity contribution < 1.29 is 23.8 Å². The lowest BCUT2D eigenvalue weighted by molar-refractivity contribution is 0.0567. The molecular weight excluding hydrogens is 380 g/mol. The summed E-state index contributed by atoms with van der Waals surface area (Å²) in [6.45, 7) is 9.29. The van der Waals surface area contributed by atoms with Gasteiger partial charge in [-0.25, -0.2) is 19.5 Å². The fourth-order valence-electron chi connectivity index (χ4n) is 2.46. The van der Waals surface area contributed by atoms with Crippen LogP contribution in [0.5, 0.6) is 5.75 Å². The highest BCUT2D eigenvalue weighted by atomic mass is 32.1. The van der Waals surface area contributed by atoms with Crippen molar-refractivity contribution in [3.8, 4) is 5.75 Å². The number of rotatable bonds is 5. The van der Waals surface area contributed by atoms with Gasteiger partial charge in [-0.3, -0.25) is 0 Å². The number of thiazole rings is 1. The number of amides is 1. The standard InChI is InChI=1S/C20H26N2O5S/c1-12-8-9-14(15(10-12)25-6)11-22(19(24)27-20(3,4)5)18-21-16(13(2)28-18)17(23)26-7/h8-10H,11H2,1-7H3. The first-order chi connectivity index (χ1) is 13.1. The maximum atomic E-state index is 12.9. The number of carbonyl (C=O) groups is 2. The van der Waals surface area contributed by atoms with Crippen LogP contribution in [-0.2, 0) is 16.0 Å². The average molecular weight is 407 g/mol. The molecule has 0 atom stereocenters. The van der Waals surface area contributed by atoms with E-state index in [4.69, 9.17) is 14.2 Å². The van der Waals surface area contributed by atoms with Crippen molar-refractivity contribution >= 4 is 28.5 Å². The van der Waals surface area contributed by atoms with Crippen LogP contribution in [0.3, 0.4) is 0 Å². The van der Waals surface area contributed by atoms with Gasteiger partial charge in [0.25, 0.3) is 0 Å². The Kier molecular flexibility index (Phi) is 6.66. The molecule has 0 aliphatic heterocycles. The fourth-order valence-corrected chi connectivity index (χ4v) is 3.35. The molecule has 2 rings (SSSR count). The van der Waals surface area contributed by atoms with Gasteiger partial charge in [0.05, 0.1) is 20.8 Å². The van der Waals surface area contributed by atoms with Crippen molar-refractivity contribution in [1.82, 2.24) is 4.98 Å². The summed E-state index contributed by atoms with van der Waals surface area (Å²) in [6.07, 6.45) is -0.555. The van der Waals surface area contributed by atoms with Gasteiger partial charge in [-0.2, -0.15) is 0 Å². The molecule has 0 aliphatic rings. The summed E-state index contributed by atoms with van der Waals surface area (Å²) in [5.41, 5.74) is 1.35. The van der Waals surface area contributed by atoms with E-state index in [1.54, 1.807) is 34.8 Å². The number of benzene rings is 1. The molecule has 2 aromatic rings. The quantitative estimate of drug-likeness (QED) is 0.681. The normalized spacial score (nSPS) is 11.1. The minimum Gasteiger partial charge on any atom is -0.496 e. The number of aryl methyl sites for hydroxylation is 2. The minimum absolute atomic E-state index is 0.186. The highest BCUT2D eigenvalue weighted by Gasteiger charge is 2.28. The molecule has 0 radical (unpaired) electrons. The molecule has 0 saturated heterocycles. The summed E-state index contributed by atoms with van der Waals surface area (Å²) in [5, 5.41) is 0.356. The van der Waals surface area contributed by atoms with Gasteiger partial charge >= 0.3 is 12.1 Å². The van der Waals surface area contributed by atoms with Gasteiger partial charge in [0.15, 0.2) is 10.8 Å². The Labute approximate surface area is 169 Å². The lowest BCUT2D eigenvalue weighted by atomic mass is 10.1. The van der Waals surface area contributed by atoms with Crippen LogP contribution < -0.4 is 9.64 Å². The molecule has 152 valence electrons. The number of ether oxygens (including phenoxy) is 3. The monoisotopic (exact) mass is 406 g/mol. The Morgan fingerprint density at radius 2 is 1.86 bits per heavy atom. The van der Waals surface area contributed by atoms with Gasteiger partial charge in [-0.1, -0.05) is 12.1 Å². The largest absolute Gasteiger partial charge is 0.496 e. The number of anilines is 1. The zero-order chi connectivity index (χ0) is 21.1. The summed E-state index contributed by atoms with van der Waals surface area (Å²) in [7, 11) is 2.88. The van der Waals surface area contributed by atoms with Crippen LogP contribution in [0.15, 0.2) is 18.2 Å². The molecule has 1 aromatic heterocycles. The maximum absolute atomic E-state index is 12.9. The first kappa shape index (κ1) is 21.7. The summed E-state index contributed by atoms with van der Waals surface area (Å²) in [6, 6.07) is 5.74. The molecule has 0 fully saturated rings. The van der Waals surface area contributed by atoms with E-state index in [-0.39, 0.29) is 12.2 Å². The van der Waals surface area contributed by atoms with Gasteiger partial charge in [-0.15, -0.1) is 11.3 Å². The van der Waals surface area contributed by atoms with Crippen LogP contribution in [0.2, 0.25) is 0 Å². The molecule has 0 N–H and O–H groups in total. The van der Waals surface area contributed by atoms with Crippen molar-refractivity contribution in [2.24, 2.45) is 0 Å². The summed E-state index contributed by atoms with van der Waals surface area (Å²) < 4.78 is 15.8. The van der Waals surface area contributed by atoms with Gasteiger partial charge in [0, 0.05) is 10.4 Å². The van der Waals surface area contributed by atoms with Gasteiger partial charge in [-0.05, 0) is 46.2 Å². The summed E-state index contributed by atoms with van der Waals surface area (Å²) in [5.74, 6) is 0.118. The zero-order valence-corrected chi connectivity index (χ0v) is 18.1. The molecule has 7 nitrogen and oxygen atoms in total. The Bertz CT molecular complexity index is 870. The zero-order valence-electron chi connectivity index (χ0n) is 17.3. The van der Waals surface area contributed by atoms with Gasteiger partial charge < -0.3 is 14.2 Å². The second-order valence-electron chi connectivity index (χ2n) is 7.27. The summed E-state index contributed by atoms with van der Waals surface area (Å²) in [4.78, 5) is 31.2. The van der Waals surface area contributed by atoms with E-state index in [2.05, 4.69) is 4.98 Å². The van der Waals surface area contributed by atoms with Crippen LogP contribution in [0.25, 0.3) is 0 Å².